The third-order valence-electron chi connectivity index (χ3n) is 4.59. The average Bonchev–Trinajstić information content (AvgIpc) is 3.27. The van der Waals surface area contributed by atoms with Crippen LogP contribution in [0.15, 0.2) is 35.6 Å². The predicted molar refractivity (Wildman–Crippen MR) is 101 cm³/mol. The minimum absolute atomic E-state index is 0.252. The summed E-state index contributed by atoms with van der Waals surface area (Å²) < 4.78 is 9.09. The van der Waals surface area contributed by atoms with Crippen molar-refractivity contribution in [2.75, 3.05) is 14.2 Å². The van der Waals surface area contributed by atoms with Gasteiger partial charge in [-0.3, -0.25) is 4.99 Å². The molecular formula is C18H24N8O. The summed E-state index contributed by atoms with van der Waals surface area (Å²) in [4.78, 5) is 13.4. The number of nitrogens with zero attached hydrogens (tertiary/aromatic N) is 6. The van der Waals surface area contributed by atoms with Gasteiger partial charge in [0, 0.05) is 39.0 Å². The molecule has 1 unspecified atom stereocenters. The Hall–Kier alpha value is -2.94. The molecule has 2 N–H and O–H groups in total. The first-order chi connectivity index (χ1) is 13.2. The highest BCUT2D eigenvalue weighted by Gasteiger charge is 2.22. The van der Waals surface area contributed by atoms with Gasteiger partial charge in [-0.05, 0) is 18.6 Å². The zero-order valence-corrected chi connectivity index (χ0v) is 15.6. The van der Waals surface area contributed by atoms with Gasteiger partial charge >= 0.3 is 0 Å². The predicted octanol–water partition coefficient (Wildman–Crippen LogP) is 0.752. The Labute approximate surface area is 157 Å². The maximum atomic E-state index is 5.12. The van der Waals surface area contributed by atoms with Crippen molar-refractivity contribution < 1.29 is 4.74 Å². The van der Waals surface area contributed by atoms with Crippen molar-refractivity contribution >= 4 is 11.6 Å². The highest BCUT2D eigenvalue weighted by molar-refractivity contribution is 5.79. The Balaban J connectivity index is 1.34. The van der Waals surface area contributed by atoms with Crippen molar-refractivity contribution in [2.24, 2.45) is 4.99 Å². The van der Waals surface area contributed by atoms with E-state index in [1.54, 1.807) is 14.2 Å². The summed E-state index contributed by atoms with van der Waals surface area (Å²) in [5.74, 6) is 2.52. The van der Waals surface area contributed by atoms with Gasteiger partial charge in [0.15, 0.2) is 11.8 Å². The van der Waals surface area contributed by atoms with Crippen LogP contribution in [-0.4, -0.2) is 50.3 Å². The molecule has 3 aromatic heterocycles. The zero-order valence-electron chi connectivity index (χ0n) is 15.6. The fraction of sp³-hybridized carbons (Fsp3) is 0.444. The minimum atomic E-state index is 0.252. The molecule has 142 valence electrons. The van der Waals surface area contributed by atoms with Gasteiger partial charge in [-0.25, -0.2) is 14.6 Å². The minimum Gasteiger partial charge on any atom is -0.377 e. The molecule has 0 bridgehead atoms. The second-order valence-electron chi connectivity index (χ2n) is 6.56. The van der Waals surface area contributed by atoms with E-state index in [2.05, 4.69) is 30.7 Å². The Kier molecular flexibility index (Phi) is 5.01. The number of aliphatic imine (C=N–C) groups is 1. The summed E-state index contributed by atoms with van der Waals surface area (Å²) in [6.07, 6.45) is 5.89. The number of hydrogen-bond donors (Lipinski definition) is 2. The lowest BCUT2D eigenvalue weighted by Gasteiger charge is -2.25. The van der Waals surface area contributed by atoms with Gasteiger partial charge in [-0.15, -0.1) is 0 Å². The highest BCUT2D eigenvalue weighted by atomic mass is 16.5. The number of ether oxygens (including phenoxy) is 1. The van der Waals surface area contributed by atoms with Gasteiger partial charge in [0.25, 0.3) is 0 Å². The Morgan fingerprint density at radius 1 is 1.37 bits per heavy atom. The number of guanidine groups is 1. The van der Waals surface area contributed by atoms with E-state index in [9.17, 15) is 0 Å². The number of pyridine rings is 1. The molecule has 0 aromatic carbocycles. The van der Waals surface area contributed by atoms with Gasteiger partial charge in [-0.2, -0.15) is 5.10 Å². The van der Waals surface area contributed by atoms with Gasteiger partial charge in [0.2, 0.25) is 0 Å². The number of aryl methyl sites for hydroxylation is 1. The molecule has 27 heavy (non-hydrogen) atoms. The smallest absolute Gasteiger partial charge is 0.191 e. The number of rotatable bonds is 5. The number of methoxy groups -OCH3 is 1. The van der Waals surface area contributed by atoms with E-state index < -0.39 is 0 Å². The first kappa shape index (κ1) is 17.5. The second-order valence-corrected chi connectivity index (χ2v) is 6.56. The van der Waals surface area contributed by atoms with Crippen molar-refractivity contribution in [2.45, 2.75) is 38.6 Å². The molecule has 0 saturated heterocycles. The maximum absolute atomic E-state index is 5.12. The van der Waals surface area contributed by atoms with E-state index in [1.807, 2.05) is 39.7 Å². The summed E-state index contributed by atoms with van der Waals surface area (Å²) in [6.45, 7) is 1.82. The Bertz CT molecular complexity index is 911. The van der Waals surface area contributed by atoms with Gasteiger partial charge < -0.3 is 19.8 Å². The molecule has 0 aliphatic carbocycles. The second kappa shape index (κ2) is 7.75. The number of hydrogen-bond acceptors (Lipinski definition) is 5. The number of fused-ring (bicyclic) bond motifs is 2. The molecule has 4 rings (SSSR count). The van der Waals surface area contributed by atoms with E-state index in [1.165, 1.54) is 0 Å². The van der Waals surface area contributed by atoms with Crippen LogP contribution < -0.4 is 10.6 Å². The van der Waals surface area contributed by atoms with Crippen LogP contribution in [-0.2, 0) is 30.9 Å². The molecule has 0 fully saturated rings. The van der Waals surface area contributed by atoms with Gasteiger partial charge in [-0.1, -0.05) is 6.07 Å². The third-order valence-corrected chi connectivity index (χ3v) is 4.59. The van der Waals surface area contributed by atoms with E-state index in [4.69, 9.17) is 4.74 Å². The molecule has 0 amide bonds. The number of aromatic nitrogens is 5. The van der Waals surface area contributed by atoms with Crippen molar-refractivity contribution in [3.05, 3.63) is 47.9 Å². The third kappa shape index (κ3) is 3.92. The molecule has 1 aliphatic rings. The fourth-order valence-electron chi connectivity index (χ4n) is 3.30. The molecule has 1 atom stereocenters. The molecule has 9 heteroatoms. The van der Waals surface area contributed by atoms with Crippen molar-refractivity contribution in [3.8, 4) is 0 Å². The molecule has 4 heterocycles. The molecule has 0 radical (unpaired) electrons. The van der Waals surface area contributed by atoms with Crippen LogP contribution in [0.5, 0.6) is 0 Å². The van der Waals surface area contributed by atoms with Crippen LogP contribution in [0.2, 0.25) is 0 Å². The van der Waals surface area contributed by atoms with Crippen LogP contribution in [0.25, 0.3) is 5.65 Å². The largest absolute Gasteiger partial charge is 0.377 e. The lowest BCUT2D eigenvalue weighted by molar-refractivity contribution is 0.177. The van der Waals surface area contributed by atoms with Crippen LogP contribution in [0.4, 0.5) is 0 Å². The summed E-state index contributed by atoms with van der Waals surface area (Å²) in [6, 6.07) is 6.22. The molecule has 0 spiro atoms. The van der Waals surface area contributed by atoms with Crippen LogP contribution in [0.1, 0.15) is 23.8 Å². The Morgan fingerprint density at radius 3 is 3.11 bits per heavy atom. The summed E-state index contributed by atoms with van der Waals surface area (Å²) in [5, 5.41) is 11.3. The first-order valence-electron chi connectivity index (χ1n) is 9.06. The SMILES string of the molecule is CN=C(NCc1cn2ccccc2n1)NC1CCc2nc(COC)nn2C1. The molecule has 3 aromatic rings. The normalized spacial score (nSPS) is 17.1. The maximum Gasteiger partial charge on any atom is 0.191 e. The van der Waals surface area contributed by atoms with Crippen LogP contribution in [0.3, 0.4) is 0 Å². The van der Waals surface area contributed by atoms with Crippen LogP contribution in [0, 0.1) is 0 Å². The number of nitrogens with one attached hydrogen (secondary N) is 2. The Morgan fingerprint density at radius 2 is 2.30 bits per heavy atom. The van der Waals surface area contributed by atoms with Crippen molar-refractivity contribution in [1.82, 2.24) is 34.8 Å². The first-order valence-corrected chi connectivity index (χ1v) is 9.06. The zero-order chi connectivity index (χ0) is 18.6. The van der Waals surface area contributed by atoms with E-state index >= 15 is 0 Å². The molecule has 1 aliphatic heterocycles. The fourth-order valence-corrected chi connectivity index (χ4v) is 3.30. The summed E-state index contributed by atoms with van der Waals surface area (Å²) in [5.41, 5.74) is 1.91. The standard InChI is InChI=1S/C18H24N8O/c1-19-18(20-9-14-10-25-8-4-3-5-16(25)21-14)22-13-6-7-17-23-15(12-27-2)24-26(17)11-13/h3-5,8,10,13H,6-7,9,11-12H2,1-2H3,(H2,19,20,22). The number of imidazole rings is 1. The van der Waals surface area contributed by atoms with Gasteiger partial charge in [0.1, 0.15) is 18.1 Å². The molecule has 9 nitrogen and oxygen atoms in total. The van der Waals surface area contributed by atoms with Gasteiger partial charge in [0.05, 0.1) is 18.8 Å². The monoisotopic (exact) mass is 368 g/mol. The quantitative estimate of drug-likeness (QED) is 0.510. The lowest BCUT2D eigenvalue weighted by Crippen LogP contribution is -2.46. The van der Waals surface area contributed by atoms with E-state index in [-0.39, 0.29) is 6.04 Å². The lowest BCUT2D eigenvalue weighted by atomic mass is 10.1. The average molecular weight is 368 g/mol. The highest BCUT2D eigenvalue weighted by Crippen LogP contribution is 2.13. The van der Waals surface area contributed by atoms with Crippen molar-refractivity contribution in [1.29, 1.82) is 0 Å². The summed E-state index contributed by atoms with van der Waals surface area (Å²) in [7, 11) is 3.43. The van der Waals surface area contributed by atoms with Crippen molar-refractivity contribution in [3.63, 3.8) is 0 Å². The topological polar surface area (TPSA) is 93.7 Å². The van der Waals surface area contributed by atoms with E-state index in [0.29, 0.717) is 13.2 Å². The summed E-state index contributed by atoms with van der Waals surface area (Å²) >= 11 is 0. The van der Waals surface area contributed by atoms with Crippen LogP contribution >= 0.6 is 0 Å². The van der Waals surface area contributed by atoms with E-state index in [0.717, 1.165) is 48.3 Å². The molecular weight excluding hydrogens is 344 g/mol. The molecule has 0 saturated carbocycles.